The molecule has 62 valence electrons. The second-order valence-corrected chi connectivity index (χ2v) is 3.30. The SMILES string of the molecule is C[C@]12C=CC=NC1C=CCC=N2. The molecule has 0 aromatic carbocycles. The van der Waals surface area contributed by atoms with Gasteiger partial charge in [0.1, 0.15) is 5.54 Å². The van der Waals surface area contributed by atoms with Gasteiger partial charge < -0.3 is 0 Å². The number of fused-ring (bicyclic) bond motifs is 1. The Hall–Kier alpha value is -1.18. The summed E-state index contributed by atoms with van der Waals surface area (Å²) in [6.45, 7) is 2.11. The average Bonchev–Trinajstić information content (AvgIpc) is 2.25. The van der Waals surface area contributed by atoms with Crippen molar-refractivity contribution in [2.45, 2.75) is 24.9 Å². The van der Waals surface area contributed by atoms with Gasteiger partial charge in [-0.25, -0.2) is 0 Å². The fraction of sp³-hybridized carbons (Fsp3) is 0.400. The maximum Gasteiger partial charge on any atom is 0.102 e. The molecule has 0 saturated heterocycles. The zero-order chi connectivity index (χ0) is 8.44. The molecule has 12 heavy (non-hydrogen) atoms. The summed E-state index contributed by atoms with van der Waals surface area (Å²) in [6, 6.07) is 0.196. The van der Waals surface area contributed by atoms with E-state index in [2.05, 4.69) is 35.1 Å². The summed E-state index contributed by atoms with van der Waals surface area (Å²) >= 11 is 0. The Balaban J connectivity index is 2.40. The van der Waals surface area contributed by atoms with Gasteiger partial charge >= 0.3 is 0 Å². The third-order valence-corrected chi connectivity index (χ3v) is 2.29. The molecule has 0 radical (unpaired) electrons. The third kappa shape index (κ3) is 1.13. The first-order chi connectivity index (χ1) is 5.81. The van der Waals surface area contributed by atoms with Crippen LogP contribution in [0.25, 0.3) is 0 Å². The zero-order valence-electron chi connectivity index (χ0n) is 7.14. The van der Waals surface area contributed by atoms with Gasteiger partial charge in [-0.1, -0.05) is 18.2 Å². The van der Waals surface area contributed by atoms with Crippen LogP contribution in [0.3, 0.4) is 0 Å². The number of hydrogen-bond donors (Lipinski definition) is 0. The van der Waals surface area contributed by atoms with E-state index >= 15 is 0 Å². The zero-order valence-corrected chi connectivity index (χ0v) is 7.14. The van der Waals surface area contributed by atoms with E-state index in [9.17, 15) is 0 Å². The van der Waals surface area contributed by atoms with Crippen LogP contribution in [-0.4, -0.2) is 24.0 Å². The molecule has 2 aliphatic heterocycles. The fourth-order valence-corrected chi connectivity index (χ4v) is 1.51. The lowest BCUT2D eigenvalue weighted by Crippen LogP contribution is -2.34. The van der Waals surface area contributed by atoms with Crippen LogP contribution in [0, 0.1) is 0 Å². The van der Waals surface area contributed by atoms with Gasteiger partial charge in [-0.05, 0) is 13.0 Å². The van der Waals surface area contributed by atoms with Gasteiger partial charge in [0.05, 0.1) is 6.04 Å². The largest absolute Gasteiger partial charge is 0.284 e. The Morgan fingerprint density at radius 3 is 3.33 bits per heavy atom. The first-order valence-corrected chi connectivity index (χ1v) is 4.23. The van der Waals surface area contributed by atoms with Crippen molar-refractivity contribution < 1.29 is 0 Å². The van der Waals surface area contributed by atoms with Crippen LogP contribution in [0.1, 0.15) is 13.3 Å². The lowest BCUT2D eigenvalue weighted by Gasteiger charge is -2.27. The Morgan fingerprint density at radius 1 is 1.50 bits per heavy atom. The molecule has 2 aliphatic rings. The summed E-state index contributed by atoms with van der Waals surface area (Å²) in [5, 5.41) is 0. The highest BCUT2D eigenvalue weighted by Gasteiger charge is 2.30. The monoisotopic (exact) mass is 160 g/mol. The highest BCUT2D eigenvalue weighted by Crippen LogP contribution is 2.25. The van der Waals surface area contributed by atoms with Crippen LogP contribution in [0.5, 0.6) is 0 Å². The van der Waals surface area contributed by atoms with Crippen LogP contribution in [0.15, 0.2) is 34.3 Å². The second-order valence-electron chi connectivity index (χ2n) is 3.30. The van der Waals surface area contributed by atoms with Gasteiger partial charge in [-0.3, -0.25) is 9.98 Å². The van der Waals surface area contributed by atoms with Gasteiger partial charge in [0, 0.05) is 18.9 Å². The van der Waals surface area contributed by atoms with E-state index in [1.807, 2.05) is 18.5 Å². The predicted molar refractivity (Wildman–Crippen MR) is 52.1 cm³/mol. The van der Waals surface area contributed by atoms with Crippen LogP contribution in [0.4, 0.5) is 0 Å². The van der Waals surface area contributed by atoms with Crippen molar-refractivity contribution in [1.82, 2.24) is 0 Å². The highest BCUT2D eigenvalue weighted by molar-refractivity contribution is 5.74. The minimum atomic E-state index is -0.137. The van der Waals surface area contributed by atoms with E-state index in [1.165, 1.54) is 0 Å². The number of allylic oxidation sites excluding steroid dienone is 2. The molecule has 0 fully saturated rings. The quantitative estimate of drug-likeness (QED) is 0.483. The van der Waals surface area contributed by atoms with Crippen LogP contribution < -0.4 is 0 Å². The van der Waals surface area contributed by atoms with Gasteiger partial charge in [-0.2, -0.15) is 0 Å². The maximum absolute atomic E-state index is 4.49. The van der Waals surface area contributed by atoms with Crippen molar-refractivity contribution in [1.29, 1.82) is 0 Å². The molecule has 0 aromatic heterocycles. The smallest absolute Gasteiger partial charge is 0.102 e. The number of hydrogen-bond acceptors (Lipinski definition) is 2. The van der Waals surface area contributed by atoms with E-state index in [1.54, 1.807) is 0 Å². The summed E-state index contributed by atoms with van der Waals surface area (Å²) in [5.41, 5.74) is -0.137. The minimum Gasteiger partial charge on any atom is -0.284 e. The van der Waals surface area contributed by atoms with Crippen molar-refractivity contribution in [2.75, 3.05) is 0 Å². The minimum absolute atomic E-state index is 0.137. The lowest BCUT2D eigenvalue weighted by atomic mass is 9.91. The average molecular weight is 160 g/mol. The number of nitrogens with zero attached hydrogens (tertiary/aromatic N) is 2. The topological polar surface area (TPSA) is 24.7 Å². The molecule has 0 N–H and O–H groups in total. The van der Waals surface area contributed by atoms with E-state index in [0.29, 0.717) is 0 Å². The number of aliphatic imine (C=N–C) groups is 2. The van der Waals surface area contributed by atoms with E-state index < -0.39 is 0 Å². The van der Waals surface area contributed by atoms with Gasteiger partial charge in [0.25, 0.3) is 0 Å². The first-order valence-electron chi connectivity index (χ1n) is 4.23. The lowest BCUT2D eigenvalue weighted by molar-refractivity contribution is 0.526. The van der Waals surface area contributed by atoms with Crippen molar-refractivity contribution in [3.63, 3.8) is 0 Å². The summed E-state index contributed by atoms with van der Waals surface area (Å²) < 4.78 is 0. The standard InChI is InChI=1S/C10H12N2/c1-10-6-4-7-11-9(10)5-2-3-8-12-10/h2,4-9H,3H2,1H3/t9?,10-/m0/s1. The van der Waals surface area contributed by atoms with Gasteiger partial charge in [-0.15, -0.1) is 0 Å². The fourth-order valence-electron chi connectivity index (χ4n) is 1.51. The molecule has 2 nitrogen and oxygen atoms in total. The Bertz CT molecular complexity index is 286. The van der Waals surface area contributed by atoms with Crippen molar-refractivity contribution in [2.24, 2.45) is 9.98 Å². The summed E-state index contributed by atoms with van der Waals surface area (Å²) in [6.07, 6.45) is 13.1. The van der Waals surface area contributed by atoms with Gasteiger partial charge in [0.15, 0.2) is 0 Å². The molecule has 0 aromatic rings. The van der Waals surface area contributed by atoms with Crippen LogP contribution in [0.2, 0.25) is 0 Å². The van der Waals surface area contributed by atoms with Crippen molar-refractivity contribution in [3.8, 4) is 0 Å². The number of rotatable bonds is 0. The molecule has 2 heteroatoms. The summed E-state index contributed by atoms with van der Waals surface area (Å²) in [5.74, 6) is 0. The Labute approximate surface area is 72.4 Å². The molecule has 2 heterocycles. The third-order valence-electron chi connectivity index (χ3n) is 2.29. The Kier molecular flexibility index (Phi) is 1.68. The second kappa shape index (κ2) is 2.70. The molecule has 0 aliphatic carbocycles. The highest BCUT2D eigenvalue weighted by atomic mass is 15.0. The van der Waals surface area contributed by atoms with Crippen molar-refractivity contribution >= 4 is 12.4 Å². The molecule has 0 spiro atoms. The van der Waals surface area contributed by atoms with E-state index in [-0.39, 0.29) is 11.6 Å². The first kappa shape index (κ1) is 7.47. The molecule has 0 bridgehead atoms. The predicted octanol–water partition coefficient (Wildman–Crippen LogP) is 1.78. The molecular weight excluding hydrogens is 148 g/mol. The Morgan fingerprint density at radius 2 is 2.42 bits per heavy atom. The molecule has 1 unspecified atom stereocenters. The normalized spacial score (nSPS) is 37.9. The molecule has 0 amide bonds. The maximum atomic E-state index is 4.49. The summed E-state index contributed by atoms with van der Waals surface area (Å²) in [7, 11) is 0. The molecule has 2 rings (SSSR count). The van der Waals surface area contributed by atoms with Crippen LogP contribution >= 0.6 is 0 Å². The summed E-state index contributed by atoms with van der Waals surface area (Å²) in [4.78, 5) is 8.86. The molecular formula is C10H12N2. The van der Waals surface area contributed by atoms with Gasteiger partial charge in [0.2, 0.25) is 0 Å². The van der Waals surface area contributed by atoms with E-state index in [4.69, 9.17) is 0 Å². The molecule has 2 atom stereocenters. The number of dihydropyridines is 1. The van der Waals surface area contributed by atoms with Crippen molar-refractivity contribution in [3.05, 3.63) is 24.3 Å². The van der Waals surface area contributed by atoms with Crippen LogP contribution in [-0.2, 0) is 0 Å². The van der Waals surface area contributed by atoms with E-state index in [0.717, 1.165) is 6.42 Å². The molecule has 0 saturated carbocycles.